The van der Waals surface area contributed by atoms with Gasteiger partial charge in [-0.05, 0) is 11.1 Å². The molecule has 0 aromatic heterocycles. The van der Waals surface area contributed by atoms with Crippen LogP contribution in [0.1, 0.15) is 45.7 Å². The minimum absolute atomic E-state index is 0.0666. The molecule has 2 aromatic rings. The molecule has 4 rings (SSSR count). The van der Waals surface area contributed by atoms with Crippen molar-refractivity contribution in [3.63, 3.8) is 0 Å². The summed E-state index contributed by atoms with van der Waals surface area (Å²) in [5.41, 5.74) is 1.65. The van der Waals surface area contributed by atoms with E-state index in [2.05, 4.69) is 5.32 Å². The van der Waals surface area contributed by atoms with E-state index in [1.807, 2.05) is 60.7 Å². The third kappa shape index (κ3) is 11.8. The van der Waals surface area contributed by atoms with Gasteiger partial charge in [-0.15, -0.1) is 0 Å². The van der Waals surface area contributed by atoms with E-state index in [0.717, 1.165) is 38.8 Å². The first-order valence-electron chi connectivity index (χ1n) is 16.7. The van der Waals surface area contributed by atoms with Crippen LogP contribution in [0, 0.1) is 0 Å². The zero-order valence-electron chi connectivity index (χ0n) is 29.5. The summed E-state index contributed by atoms with van der Waals surface area (Å²) in [5, 5.41) is 14.6. The van der Waals surface area contributed by atoms with Gasteiger partial charge in [0, 0.05) is 34.6 Å². The number of ether oxygens (including phenoxy) is 9. The Morgan fingerprint density at radius 1 is 0.635 bits per heavy atom. The van der Waals surface area contributed by atoms with Gasteiger partial charge in [0.05, 0.1) is 19.8 Å². The summed E-state index contributed by atoms with van der Waals surface area (Å²) in [6.45, 7) is 5.26. The first kappa shape index (κ1) is 40.3. The summed E-state index contributed by atoms with van der Waals surface area (Å²) in [5.74, 6) is -3.67. The fourth-order valence-corrected chi connectivity index (χ4v) is 5.83. The molecule has 0 radical (unpaired) electrons. The van der Waals surface area contributed by atoms with E-state index in [1.165, 1.54) is 6.92 Å². The number of hydrogen-bond donors (Lipinski definition) is 2. The van der Waals surface area contributed by atoms with Crippen LogP contribution >= 0.6 is 0 Å². The highest BCUT2D eigenvalue weighted by Crippen LogP contribution is 2.34. The topological polar surface area (TPSA) is 201 Å². The Morgan fingerprint density at radius 2 is 1.15 bits per heavy atom. The molecule has 0 unspecified atom stereocenters. The van der Waals surface area contributed by atoms with Gasteiger partial charge in [-0.3, -0.25) is 24.0 Å². The summed E-state index contributed by atoms with van der Waals surface area (Å²) in [4.78, 5) is 61.1. The van der Waals surface area contributed by atoms with Gasteiger partial charge in [0.15, 0.2) is 30.9 Å². The molecule has 0 bridgehead atoms. The van der Waals surface area contributed by atoms with E-state index in [4.69, 9.17) is 42.6 Å². The second-order valence-corrected chi connectivity index (χ2v) is 12.2. The monoisotopic (exact) mass is 731 g/mol. The van der Waals surface area contributed by atoms with Gasteiger partial charge in [-0.25, -0.2) is 0 Å². The Balaban J connectivity index is 1.70. The maximum absolute atomic E-state index is 12.4. The number of aliphatic hydroxyl groups excluding tert-OH is 1. The second-order valence-electron chi connectivity index (χ2n) is 12.2. The highest BCUT2D eigenvalue weighted by Gasteiger charge is 2.56. The largest absolute Gasteiger partial charge is 0.463 e. The third-order valence-electron chi connectivity index (χ3n) is 7.93. The zero-order chi connectivity index (χ0) is 37.8. The molecule has 2 fully saturated rings. The smallest absolute Gasteiger partial charge is 0.303 e. The van der Waals surface area contributed by atoms with E-state index in [1.54, 1.807) is 0 Å². The van der Waals surface area contributed by atoms with Crippen molar-refractivity contribution in [3.05, 3.63) is 71.8 Å². The number of esters is 4. The Bertz CT molecular complexity index is 1490. The van der Waals surface area contributed by atoms with E-state index >= 15 is 0 Å². The molecule has 2 N–H and O–H groups in total. The molecule has 52 heavy (non-hydrogen) atoms. The van der Waals surface area contributed by atoms with Crippen LogP contribution in [-0.2, 0) is 79.8 Å². The van der Waals surface area contributed by atoms with Gasteiger partial charge in [-0.2, -0.15) is 0 Å². The Labute approximate surface area is 300 Å². The van der Waals surface area contributed by atoms with Crippen molar-refractivity contribution in [2.24, 2.45) is 0 Å². The average Bonchev–Trinajstić information content (AvgIpc) is 3.08. The fraction of sp³-hybridized carbons (Fsp3) is 0.528. The lowest BCUT2D eigenvalue weighted by molar-refractivity contribution is -0.351. The van der Waals surface area contributed by atoms with Crippen molar-refractivity contribution < 1.29 is 71.7 Å². The number of hydrogen-bond acceptors (Lipinski definition) is 15. The van der Waals surface area contributed by atoms with Crippen molar-refractivity contribution >= 4 is 29.8 Å². The molecule has 2 aliphatic heterocycles. The lowest BCUT2D eigenvalue weighted by atomic mass is 9.95. The molecular weight excluding hydrogens is 686 g/mol. The standard InChI is InChI=1S/C36H45NO15/c1-20(38)37-29-30(43)31(27(18-44-16-25-12-8-6-9-13-25)50-35(29)46-17-26-14-10-7-11-15-26)52-36-34(49-24(5)42)33(48-23(4)41)32(47-22(3)40)28(51-36)19-45-21(2)39/h6-15,27-36,43H,16-19H2,1-5H3,(H,37,38)/t27-,28+,29+,30-,31-,32+,33-,34+,35+,36-/m1/s1. The first-order chi connectivity index (χ1) is 24.8. The predicted octanol–water partition coefficient (Wildman–Crippen LogP) is 1.48. The second kappa shape index (κ2) is 19.4. The fourth-order valence-electron chi connectivity index (χ4n) is 5.83. The van der Waals surface area contributed by atoms with Crippen LogP contribution in [-0.4, -0.2) is 109 Å². The van der Waals surface area contributed by atoms with Gasteiger partial charge >= 0.3 is 23.9 Å². The molecule has 10 atom stereocenters. The maximum Gasteiger partial charge on any atom is 0.303 e. The Morgan fingerprint density at radius 3 is 1.71 bits per heavy atom. The summed E-state index contributed by atoms with van der Waals surface area (Å²) >= 11 is 0. The lowest BCUT2D eigenvalue weighted by Crippen LogP contribution is -2.68. The van der Waals surface area contributed by atoms with Crippen molar-refractivity contribution in [2.45, 2.75) is 109 Å². The zero-order valence-corrected chi connectivity index (χ0v) is 29.5. The van der Waals surface area contributed by atoms with Crippen LogP contribution in [0.2, 0.25) is 0 Å². The SMILES string of the molecule is CC(=O)N[C@@H]1[C@@H](OCc2ccccc2)O[C@H](COCc2ccccc2)[C@@H](O[C@H]2O[C@@H](COC(C)=O)[C@H](OC(C)=O)[C@@H](OC(C)=O)[C@@H]2OC(C)=O)[C@@H]1O. The summed E-state index contributed by atoms with van der Waals surface area (Å²) in [6.07, 6.45) is -12.7. The molecule has 0 aliphatic carbocycles. The van der Waals surface area contributed by atoms with E-state index in [9.17, 15) is 29.1 Å². The molecule has 2 aromatic carbocycles. The van der Waals surface area contributed by atoms with Gasteiger partial charge in [0.1, 0.15) is 37.1 Å². The summed E-state index contributed by atoms with van der Waals surface area (Å²) in [7, 11) is 0. The molecule has 284 valence electrons. The van der Waals surface area contributed by atoms with E-state index in [-0.39, 0.29) is 19.8 Å². The average molecular weight is 732 g/mol. The minimum Gasteiger partial charge on any atom is -0.463 e. The van der Waals surface area contributed by atoms with E-state index in [0.29, 0.717) is 0 Å². The van der Waals surface area contributed by atoms with Crippen LogP contribution in [0.5, 0.6) is 0 Å². The number of carbonyl (C=O) groups is 5. The minimum atomic E-state index is -1.65. The van der Waals surface area contributed by atoms with E-state index < -0.39 is 97.7 Å². The predicted molar refractivity (Wildman–Crippen MR) is 176 cm³/mol. The molecule has 2 saturated heterocycles. The van der Waals surface area contributed by atoms with Gasteiger partial charge in [0.2, 0.25) is 5.91 Å². The lowest BCUT2D eigenvalue weighted by Gasteiger charge is -2.48. The molecule has 1 amide bonds. The van der Waals surface area contributed by atoms with Crippen LogP contribution in [0.25, 0.3) is 0 Å². The first-order valence-corrected chi connectivity index (χ1v) is 16.7. The van der Waals surface area contributed by atoms with Crippen molar-refractivity contribution in [2.75, 3.05) is 13.2 Å². The quantitative estimate of drug-likeness (QED) is 0.197. The summed E-state index contributed by atoms with van der Waals surface area (Å²) < 4.78 is 52.6. The van der Waals surface area contributed by atoms with Crippen LogP contribution in [0.15, 0.2) is 60.7 Å². The van der Waals surface area contributed by atoms with Gasteiger partial charge in [0.25, 0.3) is 0 Å². The molecule has 16 heteroatoms. The van der Waals surface area contributed by atoms with Crippen molar-refractivity contribution in [1.82, 2.24) is 5.32 Å². The molecular formula is C36H45NO15. The number of rotatable bonds is 15. The van der Waals surface area contributed by atoms with Crippen LogP contribution in [0.3, 0.4) is 0 Å². The normalized spacial score (nSPS) is 28.6. The van der Waals surface area contributed by atoms with Gasteiger partial charge in [-0.1, -0.05) is 60.7 Å². The highest BCUT2D eigenvalue weighted by molar-refractivity contribution is 5.73. The molecule has 16 nitrogen and oxygen atoms in total. The van der Waals surface area contributed by atoms with Crippen molar-refractivity contribution in [3.8, 4) is 0 Å². The third-order valence-corrected chi connectivity index (χ3v) is 7.93. The highest BCUT2D eigenvalue weighted by atomic mass is 16.8. The molecule has 0 spiro atoms. The number of amides is 1. The maximum atomic E-state index is 12.4. The van der Waals surface area contributed by atoms with Gasteiger partial charge < -0.3 is 53.1 Å². The Hall–Kier alpha value is -4.45. The molecule has 2 heterocycles. The summed E-state index contributed by atoms with van der Waals surface area (Å²) in [6, 6.07) is 17.3. The Kier molecular flexibility index (Phi) is 15.0. The van der Waals surface area contributed by atoms with Crippen molar-refractivity contribution in [1.29, 1.82) is 0 Å². The number of nitrogens with one attached hydrogen (secondary N) is 1. The van der Waals surface area contributed by atoms with Crippen LogP contribution in [0.4, 0.5) is 0 Å². The number of benzene rings is 2. The number of aliphatic hydroxyl groups is 1. The molecule has 2 aliphatic rings. The molecule has 0 saturated carbocycles. The van der Waals surface area contributed by atoms with Crippen LogP contribution < -0.4 is 5.32 Å². The number of carbonyl (C=O) groups excluding carboxylic acids is 5.